The first-order valence-corrected chi connectivity index (χ1v) is 12.1. The molecule has 2 heterocycles. The van der Waals surface area contributed by atoms with Crippen molar-refractivity contribution in [1.82, 2.24) is 9.80 Å². The summed E-state index contributed by atoms with van der Waals surface area (Å²) < 4.78 is 0. The van der Waals surface area contributed by atoms with Crippen molar-refractivity contribution in [1.29, 1.82) is 0 Å². The van der Waals surface area contributed by atoms with Crippen LogP contribution in [0.2, 0.25) is 0 Å². The number of likely N-dealkylation sites (tertiary alicyclic amines) is 1. The van der Waals surface area contributed by atoms with E-state index in [1.807, 2.05) is 16.7 Å². The Balaban J connectivity index is 1.23. The second-order valence-corrected chi connectivity index (χ2v) is 9.41. The molecule has 186 valence electrons. The van der Waals surface area contributed by atoms with Crippen molar-refractivity contribution in [3.05, 3.63) is 60.2 Å². The molecule has 2 aromatic carbocycles. The van der Waals surface area contributed by atoms with Crippen molar-refractivity contribution in [3.63, 3.8) is 0 Å². The van der Waals surface area contributed by atoms with Crippen molar-refractivity contribution in [2.45, 2.75) is 20.0 Å². The zero-order valence-electron chi connectivity index (χ0n) is 20.2. The van der Waals surface area contributed by atoms with Crippen LogP contribution in [-0.4, -0.2) is 77.6 Å². The number of hydrogen-bond acceptors (Lipinski definition) is 6. The topological polar surface area (TPSA) is 96.4 Å². The van der Waals surface area contributed by atoms with Crippen molar-refractivity contribution < 1.29 is 19.8 Å². The number of aliphatic hydroxyl groups excluding tert-OH is 1. The summed E-state index contributed by atoms with van der Waals surface area (Å²) in [6, 6.07) is 13.0. The van der Waals surface area contributed by atoms with Crippen LogP contribution in [0.15, 0.2) is 49.0 Å². The molecule has 8 nitrogen and oxygen atoms in total. The quantitative estimate of drug-likeness (QED) is 0.530. The average molecular weight is 479 g/mol. The maximum atomic E-state index is 12.9. The normalized spacial score (nSPS) is 18.5. The SMILES string of the molecule is C=C(C)c1ccc(N2CCN(C(=O)CN3CC[C@@H](C(=O)Nc4ccc(O)c(CO)c4)C3)CC2)cc1. The van der Waals surface area contributed by atoms with E-state index in [1.54, 1.807) is 12.1 Å². The molecule has 0 aliphatic carbocycles. The number of piperazine rings is 1. The molecule has 0 saturated carbocycles. The fraction of sp³-hybridized carbons (Fsp3) is 0.407. The molecule has 0 unspecified atom stereocenters. The van der Waals surface area contributed by atoms with E-state index in [9.17, 15) is 19.8 Å². The maximum Gasteiger partial charge on any atom is 0.236 e. The number of rotatable bonds is 7. The second-order valence-electron chi connectivity index (χ2n) is 9.41. The van der Waals surface area contributed by atoms with Crippen LogP contribution in [0.25, 0.3) is 5.57 Å². The van der Waals surface area contributed by atoms with E-state index in [0.29, 0.717) is 50.4 Å². The highest BCUT2D eigenvalue weighted by molar-refractivity contribution is 5.93. The van der Waals surface area contributed by atoms with Crippen LogP contribution in [0.5, 0.6) is 5.75 Å². The molecular formula is C27H34N4O4. The minimum Gasteiger partial charge on any atom is -0.508 e. The lowest BCUT2D eigenvalue weighted by molar-refractivity contribution is -0.132. The predicted octanol–water partition coefficient (Wildman–Crippen LogP) is 2.53. The standard InChI is InChI=1S/C27H34N4O4/c1-19(2)20-3-6-24(7-4-20)30-11-13-31(14-12-30)26(34)17-29-10-9-21(16-29)27(35)28-23-5-8-25(33)22(15-23)18-32/h3-8,15,21,32-33H,1,9-14,16-18H2,2H3,(H,28,35)/t21-/m1/s1. The lowest BCUT2D eigenvalue weighted by Crippen LogP contribution is -2.51. The summed E-state index contributed by atoms with van der Waals surface area (Å²) in [7, 11) is 0. The second kappa shape index (κ2) is 10.9. The molecule has 0 aromatic heterocycles. The first kappa shape index (κ1) is 24.8. The zero-order chi connectivity index (χ0) is 24.9. The van der Waals surface area contributed by atoms with Crippen molar-refractivity contribution in [3.8, 4) is 5.75 Å². The highest BCUT2D eigenvalue weighted by Gasteiger charge is 2.31. The number of aliphatic hydroxyl groups is 1. The number of hydrogen-bond donors (Lipinski definition) is 3. The fourth-order valence-electron chi connectivity index (χ4n) is 4.69. The smallest absolute Gasteiger partial charge is 0.236 e. The molecular weight excluding hydrogens is 444 g/mol. The number of carbonyl (C=O) groups is 2. The predicted molar refractivity (Wildman–Crippen MR) is 137 cm³/mol. The first-order valence-electron chi connectivity index (χ1n) is 12.1. The molecule has 2 fully saturated rings. The summed E-state index contributed by atoms with van der Waals surface area (Å²) in [5.74, 6) is -0.207. The van der Waals surface area contributed by atoms with Gasteiger partial charge in [-0.3, -0.25) is 14.5 Å². The molecule has 35 heavy (non-hydrogen) atoms. The molecule has 4 rings (SSSR count). The van der Waals surface area contributed by atoms with Gasteiger partial charge in [0.15, 0.2) is 0 Å². The van der Waals surface area contributed by atoms with Gasteiger partial charge in [0.05, 0.1) is 19.1 Å². The van der Waals surface area contributed by atoms with Gasteiger partial charge in [-0.2, -0.15) is 0 Å². The van der Waals surface area contributed by atoms with Gasteiger partial charge in [-0.25, -0.2) is 0 Å². The van der Waals surface area contributed by atoms with Crippen LogP contribution in [0.4, 0.5) is 11.4 Å². The van der Waals surface area contributed by atoms with Crippen molar-refractivity contribution >= 4 is 28.8 Å². The number of aromatic hydroxyl groups is 1. The maximum absolute atomic E-state index is 12.9. The highest BCUT2D eigenvalue weighted by atomic mass is 16.3. The molecule has 0 radical (unpaired) electrons. The average Bonchev–Trinajstić information content (AvgIpc) is 3.34. The monoisotopic (exact) mass is 478 g/mol. The summed E-state index contributed by atoms with van der Waals surface area (Å²) >= 11 is 0. The Morgan fingerprint density at radius 3 is 2.43 bits per heavy atom. The Bertz CT molecular complexity index is 1080. The third-order valence-electron chi connectivity index (χ3n) is 6.88. The Labute approximate surface area is 206 Å². The van der Waals surface area contributed by atoms with Crippen LogP contribution in [-0.2, 0) is 16.2 Å². The van der Waals surface area contributed by atoms with Gasteiger partial charge in [0.2, 0.25) is 11.8 Å². The summed E-state index contributed by atoms with van der Waals surface area (Å²) in [6.45, 7) is 10.2. The number of nitrogens with zero attached hydrogens (tertiary/aromatic N) is 3. The van der Waals surface area contributed by atoms with Gasteiger partial charge in [0.25, 0.3) is 0 Å². The van der Waals surface area contributed by atoms with E-state index in [0.717, 1.165) is 29.9 Å². The number of phenols is 1. The molecule has 0 bridgehead atoms. The third-order valence-corrected chi connectivity index (χ3v) is 6.88. The Hall–Kier alpha value is -3.36. The van der Waals surface area contributed by atoms with Gasteiger partial charge in [0.1, 0.15) is 5.75 Å². The van der Waals surface area contributed by atoms with E-state index in [4.69, 9.17) is 0 Å². The molecule has 1 atom stereocenters. The molecule has 2 amide bonds. The number of amides is 2. The Kier molecular flexibility index (Phi) is 7.73. The summed E-state index contributed by atoms with van der Waals surface area (Å²) in [5.41, 5.74) is 4.25. The number of anilines is 2. The van der Waals surface area contributed by atoms with E-state index in [-0.39, 0.29) is 30.1 Å². The molecule has 8 heteroatoms. The lowest BCUT2D eigenvalue weighted by atomic mass is 10.1. The van der Waals surface area contributed by atoms with Gasteiger partial charge in [-0.15, -0.1) is 0 Å². The van der Waals surface area contributed by atoms with Crippen LogP contribution < -0.4 is 10.2 Å². The molecule has 2 saturated heterocycles. The van der Waals surface area contributed by atoms with Crippen molar-refractivity contribution in [2.75, 3.05) is 56.0 Å². The molecule has 2 aromatic rings. The number of allylic oxidation sites excluding steroid dienone is 1. The van der Waals surface area contributed by atoms with Crippen molar-refractivity contribution in [2.24, 2.45) is 5.92 Å². The van der Waals surface area contributed by atoms with Gasteiger partial charge >= 0.3 is 0 Å². The van der Waals surface area contributed by atoms with E-state index >= 15 is 0 Å². The van der Waals surface area contributed by atoms with Crippen LogP contribution in [0, 0.1) is 5.92 Å². The molecule has 3 N–H and O–H groups in total. The minimum atomic E-state index is -0.301. The number of carbonyl (C=O) groups excluding carboxylic acids is 2. The van der Waals surface area contributed by atoms with E-state index in [2.05, 4.69) is 41.1 Å². The minimum absolute atomic E-state index is 0.00225. The van der Waals surface area contributed by atoms with E-state index < -0.39 is 0 Å². The lowest BCUT2D eigenvalue weighted by Gasteiger charge is -2.36. The Morgan fingerprint density at radius 1 is 1.06 bits per heavy atom. The molecule has 2 aliphatic heterocycles. The van der Waals surface area contributed by atoms with Gasteiger partial charge in [-0.1, -0.05) is 24.3 Å². The number of nitrogens with one attached hydrogen (secondary N) is 1. The molecule has 0 spiro atoms. The summed E-state index contributed by atoms with van der Waals surface area (Å²) in [5, 5.41) is 21.8. The zero-order valence-corrected chi connectivity index (χ0v) is 20.2. The third kappa shape index (κ3) is 6.01. The number of benzene rings is 2. The summed E-state index contributed by atoms with van der Waals surface area (Å²) in [6.07, 6.45) is 0.692. The van der Waals surface area contributed by atoms with Crippen LogP contribution >= 0.6 is 0 Å². The highest BCUT2D eigenvalue weighted by Crippen LogP contribution is 2.24. The van der Waals surface area contributed by atoms with E-state index in [1.165, 1.54) is 6.07 Å². The summed E-state index contributed by atoms with van der Waals surface area (Å²) in [4.78, 5) is 31.8. The van der Waals surface area contributed by atoms with Gasteiger partial charge in [0, 0.05) is 49.7 Å². The first-order chi connectivity index (χ1) is 16.8. The van der Waals surface area contributed by atoms with Gasteiger partial charge in [-0.05, 0) is 55.8 Å². The van der Waals surface area contributed by atoms with Gasteiger partial charge < -0.3 is 25.3 Å². The fourth-order valence-corrected chi connectivity index (χ4v) is 4.69. The largest absolute Gasteiger partial charge is 0.508 e. The molecule has 2 aliphatic rings. The Morgan fingerprint density at radius 2 is 1.77 bits per heavy atom. The van der Waals surface area contributed by atoms with Crippen LogP contribution in [0.3, 0.4) is 0 Å². The van der Waals surface area contributed by atoms with Crippen LogP contribution in [0.1, 0.15) is 24.5 Å².